The van der Waals surface area contributed by atoms with Crippen LogP contribution in [0.1, 0.15) is 43.0 Å². The van der Waals surface area contributed by atoms with E-state index < -0.39 is 34.5 Å². The molecular formula is C17H23N3O6S. The van der Waals surface area contributed by atoms with Crippen LogP contribution in [-0.2, 0) is 19.6 Å². The highest BCUT2D eigenvalue weighted by molar-refractivity contribution is 7.89. The Morgan fingerprint density at radius 2 is 1.96 bits per heavy atom. The van der Waals surface area contributed by atoms with Crippen LogP contribution in [0.3, 0.4) is 0 Å². The molecule has 2 rings (SSSR count). The van der Waals surface area contributed by atoms with E-state index >= 15 is 0 Å². The van der Waals surface area contributed by atoms with Crippen LogP contribution in [0.4, 0.5) is 4.79 Å². The molecule has 27 heavy (non-hydrogen) atoms. The fourth-order valence-corrected chi connectivity index (χ4v) is 3.43. The fraction of sp³-hybridized carbons (Fsp3) is 0.471. The SMILES string of the molecule is CCCCNC(=O)NC(=O)COC(=O)c1cccc(S(=O)(=O)NC2CC2)c1. The Bertz CT molecular complexity index is 805. The summed E-state index contributed by atoms with van der Waals surface area (Å²) in [6, 6.07) is 4.63. The summed E-state index contributed by atoms with van der Waals surface area (Å²) < 4.78 is 31.7. The first-order valence-electron chi connectivity index (χ1n) is 8.69. The first-order valence-corrected chi connectivity index (χ1v) is 10.2. The summed E-state index contributed by atoms with van der Waals surface area (Å²) in [5, 5.41) is 4.53. The van der Waals surface area contributed by atoms with Gasteiger partial charge in [0, 0.05) is 12.6 Å². The minimum Gasteiger partial charge on any atom is -0.452 e. The summed E-state index contributed by atoms with van der Waals surface area (Å²) in [6.07, 6.45) is 3.27. The van der Waals surface area contributed by atoms with Crippen molar-refractivity contribution in [3.8, 4) is 0 Å². The summed E-state index contributed by atoms with van der Waals surface area (Å²) in [5.74, 6) is -1.64. The van der Waals surface area contributed by atoms with Gasteiger partial charge in [0.25, 0.3) is 5.91 Å². The molecule has 0 saturated heterocycles. The number of benzene rings is 1. The minimum absolute atomic E-state index is 0.00568. The lowest BCUT2D eigenvalue weighted by atomic mass is 10.2. The predicted molar refractivity (Wildman–Crippen MR) is 96.5 cm³/mol. The molecule has 0 unspecified atom stereocenters. The van der Waals surface area contributed by atoms with Crippen LogP contribution in [0.25, 0.3) is 0 Å². The number of unbranched alkanes of at least 4 members (excludes halogenated alkanes) is 1. The van der Waals surface area contributed by atoms with Crippen molar-refractivity contribution in [2.75, 3.05) is 13.2 Å². The van der Waals surface area contributed by atoms with Crippen molar-refractivity contribution in [3.63, 3.8) is 0 Å². The monoisotopic (exact) mass is 397 g/mol. The molecule has 9 nitrogen and oxygen atoms in total. The summed E-state index contributed by atoms with van der Waals surface area (Å²) >= 11 is 0. The van der Waals surface area contributed by atoms with Gasteiger partial charge in [0.2, 0.25) is 10.0 Å². The zero-order valence-electron chi connectivity index (χ0n) is 15.0. The lowest BCUT2D eigenvalue weighted by molar-refractivity contribution is -0.123. The van der Waals surface area contributed by atoms with Crippen molar-refractivity contribution in [1.82, 2.24) is 15.4 Å². The van der Waals surface area contributed by atoms with E-state index in [2.05, 4.69) is 10.0 Å². The molecule has 148 valence electrons. The molecule has 0 heterocycles. The Labute approximate surface area is 157 Å². The zero-order chi connectivity index (χ0) is 19.9. The molecular weight excluding hydrogens is 374 g/mol. The van der Waals surface area contributed by atoms with Crippen molar-refractivity contribution >= 4 is 27.9 Å². The van der Waals surface area contributed by atoms with Gasteiger partial charge < -0.3 is 10.1 Å². The topological polar surface area (TPSA) is 131 Å². The number of hydrogen-bond donors (Lipinski definition) is 3. The largest absolute Gasteiger partial charge is 0.452 e. The molecule has 3 N–H and O–H groups in total. The summed E-state index contributed by atoms with van der Waals surface area (Å²) in [6.45, 7) is 1.75. The highest BCUT2D eigenvalue weighted by atomic mass is 32.2. The zero-order valence-corrected chi connectivity index (χ0v) is 15.8. The first-order chi connectivity index (χ1) is 12.8. The maximum absolute atomic E-state index is 12.2. The molecule has 0 bridgehead atoms. The second-order valence-corrected chi connectivity index (χ2v) is 7.87. The van der Waals surface area contributed by atoms with Gasteiger partial charge in [-0.1, -0.05) is 19.4 Å². The fourth-order valence-electron chi connectivity index (χ4n) is 2.08. The Kier molecular flexibility index (Phi) is 7.31. The van der Waals surface area contributed by atoms with Gasteiger partial charge in [0.15, 0.2) is 6.61 Å². The third kappa shape index (κ3) is 6.99. The molecule has 0 atom stereocenters. The number of rotatable bonds is 9. The average Bonchev–Trinajstić information content (AvgIpc) is 3.43. The van der Waals surface area contributed by atoms with Gasteiger partial charge in [0.05, 0.1) is 10.5 Å². The summed E-state index contributed by atoms with van der Waals surface area (Å²) in [4.78, 5) is 35.0. The molecule has 1 aliphatic carbocycles. The van der Waals surface area contributed by atoms with Crippen molar-refractivity contribution in [2.24, 2.45) is 0 Å². The molecule has 10 heteroatoms. The molecule has 0 aliphatic heterocycles. The van der Waals surface area contributed by atoms with Gasteiger partial charge in [-0.3, -0.25) is 10.1 Å². The molecule has 1 aliphatic rings. The molecule has 1 aromatic carbocycles. The Hall–Kier alpha value is -2.46. The lowest BCUT2D eigenvalue weighted by Crippen LogP contribution is -2.41. The molecule has 0 aromatic heterocycles. The van der Waals surface area contributed by atoms with Gasteiger partial charge in [-0.15, -0.1) is 0 Å². The Morgan fingerprint density at radius 3 is 2.63 bits per heavy atom. The second kappa shape index (κ2) is 9.47. The number of esters is 1. The maximum Gasteiger partial charge on any atom is 0.338 e. The molecule has 3 amide bonds. The van der Waals surface area contributed by atoms with E-state index in [1.54, 1.807) is 0 Å². The van der Waals surface area contributed by atoms with Gasteiger partial charge in [-0.25, -0.2) is 22.7 Å². The number of hydrogen-bond acceptors (Lipinski definition) is 6. The number of sulfonamides is 1. The highest BCUT2D eigenvalue weighted by Crippen LogP contribution is 2.22. The van der Waals surface area contributed by atoms with Crippen molar-refractivity contribution < 1.29 is 27.5 Å². The average molecular weight is 397 g/mol. The summed E-state index contributed by atoms with van der Waals surface area (Å²) in [5.41, 5.74) is -0.00568. The van der Waals surface area contributed by atoms with E-state index in [9.17, 15) is 22.8 Å². The summed E-state index contributed by atoms with van der Waals surface area (Å²) in [7, 11) is -3.70. The number of ether oxygens (including phenoxy) is 1. The molecule has 1 saturated carbocycles. The van der Waals surface area contributed by atoms with Crippen molar-refractivity contribution in [1.29, 1.82) is 0 Å². The lowest BCUT2D eigenvalue weighted by Gasteiger charge is -2.09. The van der Waals surface area contributed by atoms with Crippen LogP contribution >= 0.6 is 0 Å². The van der Waals surface area contributed by atoms with Crippen molar-refractivity contribution in [3.05, 3.63) is 29.8 Å². The second-order valence-electron chi connectivity index (χ2n) is 6.16. The van der Waals surface area contributed by atoms with Crippen LogP contribution in [0.5, 0.6) is 0 Å². The molecule has 1 fully saturated rings. The molecule has 0 radical (unpaired) electrons. The van der Waals surface area contributed by atoms with Crippen LogP contribution in [-0.4, -0.2) is 45.5 Å². The van der Waals surface area contributed by atoms with E-state index in [-0.39, 0.29) is 16.5 Å². The maximum atomic E-state index is 12.2. The third-order valence-corrected chi connectivity index (χ3v) is 5.20. The highest BCUT2D eigenvalue weighted by Gasteiger charge is 2.28. The number of urea groups is 1. The van der Waals surface area contributed by atoms with Crippen LogP contribution < -0.4 is 15.4 Å². The van der Waals surface area contributed by atoms with Gasteiger partial charge in [-0.2, -0.15) is 0 Å². The van der Waals surface area contributed by atoms with Crippen LogP contribution in [0.15, 0.2) is 29.2 Å². The normalized spacial score (nSPS) is 13.7. The Morgan fingerprint density at radius 1 is 1.22 bits per heavy atom. The molecule has 0 spiro atoms. The van der Waals surface area contributed by atoms with E-state index in [1.165, 1.54) is 24.3 Å². The van der Waals surface area contributed by atoms with Gasteiger partial charge in [-0.05, 0) is 37.5 Å². The number of carbonyl (C=O) groups excluding carboxylic acids is 3. The number of imide groups is 1. The standard InChI is InChI=1S/C17H23N3O6S/c1-2-3-9-18-17(23)19-15(21)11-26-16(22)12-5-4-6-14(10-12)27(24,25)20-13-7-8-13/h4-6,10,13,20H,2-3,7-9,11H2,1H3,(H2,18,19,21,23). The quantitative estimate of drug-likeness (QED) is 0.419. The van der Waals surface area contributed by atoms with Crippen LogP contribution in [0.2, 0.25) is 0 Å². The van der Waals surface area contributed by atoms with E-state index in [1.807, 2.05) is 12.2 Å². The Balaban J connectivity index is 1.86. The molecule has 1 aromatic rings. The van der Waals surface area contributed by atoms with Gasteiger partial charge in [0.1, 0.15) is 0 Å². The number of carbonyl (C=O) groups is 3. The van der Waals surface area contributed by atoms with E-state index in [0.717, 1.165) is 25.7 Å². The first kappa shape index (κ1) is 20.8. The van der Waals surface area contributed by atoms with Crippen molar-refractivity contribution in [2.45, 2.75) is 43.5 Å². The number of amides is 3. The van der Waals surface area contributed by atoms with Gasteiger partial charge >= 0.3 is 12.0 Å². The minimum atomic E-state index is -3.70. The van der Waals surface area contributed by atoms with Crippen LogP contribution in [0, 0.1) is 0 Å². The number of nitrogens with one attached hydrogen (secondary N) is 3. The smallest absolute Gasteiger partial charge is 0.338 e. The van der Waals surface area contributed by atoms with E-state index in [4.69, 9.17) is 4.74 Å². The third-order valence-electron chi connectivity index (χ3n) is 3.68. The predicted octanol–water partition coefficient (Wildman–Crippen LogP) is 0.910. The van der Waals surface area contributed by atoms with E-state index in [0.29, 0.717) is 6.54 Å².